The van der Waals surface area contributed by atoms with E-state index < -0.39 is 18.0 Å². The molecule has 11 nitrogen and oxygen atoms in total. The van der Waals surface area contributed by atoms with E-state index in [0.717, 1.165) is 11.3 Å². The molecule has 0 spiro atoms. The van der Waals surface area contributed by atoms with Crippen molar-refractivity contribution >= 4 is 23.3 Å². The summed E-state index contributed by atoms with van der Waals surface area (Å²) in [6.45, 7) is 0.688. The summed E-state index contributed by atoms with van der Waals surface area (Å²) in [6, 6.07) is 12.8. The van der Waals surface area contributed by atoms with E-state index in [-0.39, 0.29) is 24.7 Å². The molecule has 1 saturated heterocycles. The van der Waals surface area contributed by atoms with Gasteiger partial charge in [-0.3, -0.25) is 10.1 Å². The number of nitrogens with one attached hydrogen (secondary N) is 1. The molecule has 4 heterocycles. The normalized spacial score (nSPS) is 15.8. The first-order chi connectivity index (χ1) is 17.0. The molecule has 11 heteroatoms. The molecule has 35 heavy (non-hydrogen) atoms. The molecule has 180 valence electrons. The van der Waals surface area contributed by atoms with Crippen LogP contribution in [0.1, 0.15) is 10.4 Å². The molecule has 0 aliphatic carbocycles. The Morgan fingerprint density at radius 1 is 1.26 bits per heavy atom. The van der Waals surface area contributed by atoms with E-state index in [1.807, 2.05) is 40.9 Å². The zero-order valence-electron chi connectivity index (χ0n) is 19.0. The van der Waals surface area contributed by atoms with Gasteiger partial charge in [0.05, 0.1) is 37.8 Å². The third-order valence-corrected chi connectivity index (χ3v) is 5.78. The minimum absolute atomic E-state index is 0.00364. The predicted octanol–water partition coefficient (Wildman–Crippen LogP) is 2.18. The summed E-state index contributed by atoms with van der Waals surface area (Å²) in [5, 5.41) is 16.3. The van der Waals surface area contributed by atoms with Gasteiger partial charge in [-0.15, -0.1) is 0 Å². The Labute approximate surface area is 200 Å². The van der Waals surface area contributed by atoms with Gasteiger partial charge in [-0.25, -0.2) is 14.5 Å². The molecule has 0 radical (unpaired) electrons. The van der Waals surface area contributed by atoms with Crippen molar-refractivity contribution in [3.63, 3.8) is 0 Å². The van der Waals surface area contributed by atoms with Crippen LogP contribution < -0.4 is 10.1 Å². The number of hydrogen-bond acceptors (Lipinski definition) is 7. The Hall–Kier alpha value is -4.22. The Morgan fingerprint density at radius 3 is 2.89 bits per heavy atom. The van der Waals surface area contributed by atoms with Crippen LogP contribution in [-0.4, -0.2) is 73.6 Å². The molecule has 1 aliphatic heterocycles. The first-order valence-corrected chi connectivity index (χ1v) is 11.1. The van der Waals surface area contributed by atoms with Crippen molar-refractivity contribution in [2.75, 3.05) is 31.7 Å². The highest BCUT2D eigenvalue weighted by molar-refractivity contribution is 5.98. The second kappa shape index (κ2) is 9.57. The average molecular weight is 476 g/mol. The molecule has 0 bridgehead atoms. The van der Waals surface area contributed by atoms with Crippen LogP contribution in [0, 0.1) is 0 Å². The van der Waals surface area contributed by atoms with Crippen LogP contribution in [-0.2, 0) is 11.8 Å². The van der Waals surface area contributed by atoms with Crippen molar-refractivity contribution in [1.82, 2.24) is 24.1 Å². The van der Waals surface area contributed by atoms with Gasteiger partial charge in [0.1, 0.15) is 11.2 Å². The fourth-order valence-corrected chi connectivity index (χ4v) is 3.96. The molecule has 4 aromatic rings. The molecule has 1 aromatic carbocycles. The SMILES string of the molecule is Cn1ncc(C(=O)N2CCOCC2CO)c1OC(=O)Nc1ccn2cc(-c3ccccc3)nc2c1. The van der Waals surface area contributed by atoms with Crippen LogP contribution in [0.4, 0.5) is 10.5 Å². The zero-order chi connectivity index (χ0) is 24.4. The van der Waals surface area contributed by atoms with E-state index in [2.05, 4.69) is 15.4 Å². The van der Waals surface area contributed by atoms with Gasteiger partial charge in [-0.1, -0.05) is 30.3 Å². The van der Waals surface area contributed by atoms with Crippen LogP contribution in [0.2, 0.25) is 0 Å². The molecule has 1 unspecified atom stereocenters. The Bertz CT molecular complexity index is 1370. The van der Waals surface area contributed by atoms with Crippen molar-refractivity contribution in [1.29, 1.82) is 0 Å². The lowest BCUT2D eigenvalue weighted by molar-refractivity contribution is -0.0185. The summed E-state index contributed by atoms with van der Waals surface area (Å²) >= 11 is 0. The van der Waals surface area contributed by atoms with E-state index in [9.17, 15) is 14.7 Å². The number of carbonyl (C=O) groups excluding carboxylic acids is 2. The highest BCUT2D eigenvalue weighted by Gasteiger charge is 2.31. The zero-order valence-corrected chi connectivity index (χ0v) is 19.0. The van der Waals surface area contributed by atoms with Crippen LogP contribution in [0.25, 0.3) is 16.9 Å². The highest BCUT2D eigenvalue weighted by Crippen LogP contribution is 2.23. The quantitative estimate of drug-likeness (QED) is 0.453. The number of nitrogens with zero attached hydrogens (tertiary/aromatic N) is 5. The molecule has 2 N–H and O–H groups in total. The van der Waals surface area contributed by atoms with Gasteiger partial charge in [-0.2, -0.15) is 5.10 Å². The van der Waals surface area contributed by atoms with Crippen molar-refractivity contribution in [2.45, 2.75) is 6.04 Å². The van der Waals surface area contributed by atoms with Gasteiger partial charge in [0.25, 0.3) is 5.91 Å². The molecule has 2 amide bonds. The summed E-state index contributed by atoms with van der Waals surface area (Å²) in [5.41, 5.74) is 3.06. The van der Waals surface area contributed by atoms with E-state index in [1.165, 1.54) is 15.8 Å². The smallest absolute Gasteiger partial charge is 0.394 e. The number of benzene rings is 1. The van der Waals surface area contributed by atoms with E-state index in [0.29, 0.717) is 24.5 Å². The standard InChI is InChI=1S/C24H24N6O5/c1-28-23(19(12-25-28)22(32)30-9-10-34-15-18(30)14-31)35-24(33)26-17-7-8-29-13-20(27-21(29)11-17)16-5-3-2-4-6-16/h2-8,11-13,18,31H,9-10,14-15H2,1H3,(H,26,33). The molecular weight excluding hydrogens is 452 g/mol. The van der Waals surface area contributed by atoms with Crippen LogP contribution in [0.5, 0.6) is 5.88 Å². The molecule has 3 aromatic heterocycles. The van der Waals surface area contributed by atoms with Gasteiger partial charge in [-0.05, 0) is 6.07 Å². The minimum atomic E-state index is -0.775. The largest absolute Gasteiger partial charge is 0.418 e. The number of imidazole rings is 1. The lowest BCUT2D eigenvalue weighted by atomic mass is 10.2. The number of pyridine rings is 1. The fourth-order valence-electron chi connectivity index (χ4n) is 3.96. The predicted molar refractivity (Wildman–Crippen MR) is 126 cm³/mol. The molecular formula is C24H24N6O5. The van der Waals surface area contributed by atoms with Crippen molar-refractivity contribution in [2.24, 2.45) is 7.05 Å². The van der Waals surface area contributed by atoms with Crippen LogP contribution >= 0.6 is 0 Å². The Morgan fingerprint density at radius 2 is 2.09 bits per heavy atom. The number of morpholine rings is 1. The molecule has 5 rings (SSSR count). The van der Waals surface area contributed by atoms with Gasteiger partial charge < -0.3 is 23.9 Å². The number of aliphatic hydroxyl groups excluding tert-OH is 1. The third-order valence-electron chi connectivity index (χ3n) is 5.78. The van der Waals surface area contributed by atoms with Gasteiger partial charge in [0.2, 0.25) is 5.88 Å². The number of anilines is 1. The maximum atomic E-state index is 13.1. The summed E-state index contributed by atoms with van der Waals surface area (Å²) in [5.74, 6) is -0.389. The average Bonchev–Trinajstić information content (AvgIpc) is 3.47. The van der Waals surface area contributed by atoms with Crippen molar-refractivity contribution < 1.29 is 24.2 Å². The van der Waals surface area contributed by atoms with E-state index in [4.69, 9.17) is 9.47 Å². The first-order valence-electron chi connectivity index (χ1n) is 11.1. The Kier molecular flexibility index (Phi) is 6.17. The number of aliphatic hydroxyl groups is 1. The third kappa shape index (κ3) is 4.59. The number of aromatic nitrogens is 4. The summed E-state index contributed by atoms with van der Waals surface area (Å²) in [7, 11) is 1.57. The highest BCUT2D eigenvalue weighted by atomic mass is 16.6. The second-order valence-corrected chi connectivity index (χ2v) is 8.08. The van der Waals surface area contributed by atoms with Gasteiger partial charge in [0.15, 0.2) is 0 Å². The molecule has 1 fully saturated rings. The number of carbonyl (C=O) groups is 2. The summed E-state index contributed by atoms with van der Waals surface area (Å²) < 4.78 is 14.0. The van der Waals surface area contributed by atoms with E-state index in [1.54, 1.807) is 25.4 Å². The number of hydrogen-bond donors (Lipinski definition) is 2. The van der Waals surface area contributed by atoms with E-state index >= 15 is 0 Å². The first kappa shape index (κ1) is 22.6. The van der Waals surface area contributed by atoms with Gasteiger partial charge >= 0.3 is 6.09 Å². The maximum Gasteiger partial charge on any atom is 0.418 e. The maximum absolute atomic E-state index is 13.1. The minimum Gasteiger partial charge on any atom is -0.394 e. The number of amides is 2. The second-order valence-electron chi connectivity index (χ2n) is 8.08. The van der Waals surface area contributed by atoms with Gasteiger partial charge in [0, 0.05) is 43.3 Å². The summed E-state index contributed by atoms with van der Waals surface area (Å²) in [6.07, 6.45) is 4.27. The van der Waals surface area contributed by atoms with Crippen LogP contribution in [0.3, 0.4) is 0 Å². The number of ether oxygens (including phenoxy) is 2. The van der Waals surface area contributed by atoms with Crippen molar-refractivity contribution in [3.8, 4) is 17.1 Å². The molecule has 1 aliphatic rings. The topological polar surface area (TPSA) is 123 Å². The molecule has 1 atom stereocenters. The lowest BCUT2D eigenvalue weighted by Crippen LogP contribution is -2.50. The van der Waals surface area contributed by atoms with Crippen LogP contribution in [0.15, 0.2) is 61.1 Å². The Balaban J connectivity index is 1.32. The van der Waals surface area contributed by atoms with Crippen molar-refractivity contribution in [3.05, 3.63) is 66.6 Å². The molecule has 0 saturated carbocycles. The lowest BCUT2D eigenvalue weighted by Gasteiger charge is -2.34. The monoisotopic (exact) mass is 476 g/mol. The number of rotatable bonds is 5. The number of aryl methyl sites for hydroxylation is 1. The number of fused-ring (bicyclic) bond motifs is 1. The summed E-state index contributed by atoms with van der Waals surface area (Å²) in [4.78, 5) is 31.9. The fraction of sp³-hybridized carbons (Fsp3) is 0.250.